The molecule has 7 nitrogen and oxygen atoms in total. The Hall–Kier alpha value is -2.62. The Labute approximate surface area is 110 Å². The first kappa shape index (κ1) is 14.4. The molecule has 100 valence electrons. The topological polar surface area (TPSA) is 113 Å². The van der Waals surface area contributed by atoms with Gasteiger partial charge >= 0.3 is 0 Å². The van der Waals surface area contributed by atoms with Crippen LogP contribution in [0.3, 0.4) is 0 Å². The average Bonchev–Trinajstić information content (AvgIpc) is 2.37. The zero-order valence-electron chi connectivity index (χ0n) is 10.7. The number of nitriles is 1. The molecule has 0 aliphatic carbocycles. The number of carbonyl (C=O) groups excluding carboxylic acids is 1. The molecule has 1 amide bonds. The fourth-order valence-electron chi connectivity index (χ4n) is 1.51. The molecule has 7 heteroatoms. The third-order valence-electron chi connectivity index (χ3n) is 2.84. The maximum absolute atomic E-state index is 12.1. The zero-order valence-corrected chi connectivity index (χ0v) is 10.7. The number of hydrogen-bond donors (Lipinski definition) is 1. The number of nitrogen functional groups attached to an aromatic ring is 1. The second-order valence-corrected chi connectivity index (χ2v) is 4.16. The van der Waals surface area contributed by atoms with E-state index in [0.29, 0.717) is 0 Å². The van der Waals surface area contributed by atoms with Gasteiger partial charge in [-0.15, -0.1) is 0 Å². The van der Waals surface area contributed by atoms with Crippen LogP contribution in [0.25, 0.3) is 0 Å². The van der Waals surface area contributed by atoms with Gasteiger partial charge in [0.1, 0.15) is 5.69 Å². The van der Waals surface area contributed by atoms with E-state index in [4.69, 9.17) is 11.0 Å². The molecule has 0 fully saturated rings. The number of hydrogen-bond acceptors (Lipinski definition) is 5. The van der Waals surface area contributed by atoms with Crippen molar-refractivity contribution in [1.82, 2.24) is 4.90 Å². The number of nitro groups is 1. The number of rotatable bonds is 4. The predicted octanol–water partition coefficient (Wildman–Crippen LogP) is 1.55. The van der Waals surface area contributed by atoms with Crippen LogP contribution in [0.1, 0.15) is 23.7 Å². The SMILES string of the molecule is CC(CC#N)N(C)C(=O)c1ccc(N)c([N+](=O)[O-])c1. The number of nitro benzene ring substituents is 1. The molecule has 0 bridgehead atoms. The summed E-state index contributed by atoms with van der Waals surface area (Å²) >= 11 is 0. The fraction of sp³-hybridized carbons (Fsp3) is 0.333. The van der Waals surface area contributed by atoms with E-state index in [1.54, 1.807) is 14.0 Å². The van der Waals surface area contributed by atoms with Gasteiger partial charge in [-0.2, -0.15) is 5.26 Å². The average molecular weight is 262 g/mol. The van der Waals surface area contributed by atoms with E-state index in [1.165, 1.54) is 17.0 Å². The number of benzene rings is 1. The normalized spacial score (nSPS) is 11.4. The lowest BCUT2D eigenvalue weighted by molar-refractivity contribution is -0.383. The third kappa shape index (κ3) is 3.19. The van der Waals surface area contributed by atoms with Crippen molar-refractivity contribution in [3.63, 3.8) is 0 Å². The lowest BCUT2D eigenvalue weighted by Crippen LogP contribution is -2.34. The van der Waals surface area contributed by atoms with Gasteiger partial charge in [0.15, 0.2) is 0 Å². The van der Waals surface area contributed by atoms with E-state index in [0.717, 1.165) is 6.07 Å². The van der Waals surface area contributed by atoms with Crippen molar-refractivity contribution in [2.24, 2.45) is 0 Å². The smallest absolute Gasteiger partial charge is 0.292 e. The Morgan fingerprint density at radius 2 is 2.26 bits per heavy atom. The Morgan fingerprint density at radius 1 is 1.63 bits per heavy atom. The van der Waals surface area contributed by atoms with Crippen molar-refractivity contribution in [3.05, 3.63) is 33.9 Å². The molecule has 1 unspecified atom stereocenters. The summed E-state index contributed by atoms with van der Waals surface area (Å²) in [6.45, 7) is 1.73. The van der Waals surface area contributed by atoms with Crippen molar-refractivity contribution in [2.45, 2.75) is 19.4 Å². The number of anilines is 1. The minimum absolute atomic E-state index is 0.00859. The van der Waals surface area contributed by atoms with Crippen molar-refractivity contribution < 1.29 is 9.72 Å². The monoisotopic (exact) mass is 262 g/mol. The van der Waals surface area contributed by atoms with E-state index in [9.17, 15) is 14.9 Å². The van der Waals surface area contributed by atoms with Gasteiger partial charge in [0.2, 0.25) is 0 Å². The van der Waals surface area contributed by atoms with Crippen LogP contribution in [-0.2, 0) is 0 Å². The van der Waals surface area contributed by atoms with Gasteiger partial charge in [-0.25, -0.2) is 0 Å². The fourth-order valence-corrected chi connectivity index (χ4v) is 1.51. The summed E-state index contributed by atoms with van der Waals surface area (Å²) in [5.41, 5.74) is 5.35. The van der Waals surface area contributed by atoms with Crippen LogP contribution < -0.4 is 5.73 Å². The Morgan fingerprint density at radius 3 is 2.79 bits per heavy atom. The molecule has 2 N–H and O–H groups in total. The number of amides is 1. The molecule has 0 radical (unpaired) electrons. The first-order chi connectivity index (χ1) is 8.88. The first-order valence-electron chi connectivity index (χ1n) is 5.56. The van der Waals surface area contributed by atoms with Crippen molar-refractivity contribution >= 4 is 17.3 Å². The maximum Gasteiger partial charge on any atom is 0.292 e. The van der Waals surface area contributed by atoms with Gasteiger partial charge in [0.25, 0.3) is 11.6 Å². The van der Waals surface area contributed by atoms with Gasteiger partial charge in [-0.3, -0.25) is 14.9 Å². The summed E-state index contributed by atoms with van der Waals surface area (Å²) in [6.07, 6.45) is 0.194. The number of carbonyl (C=O) groups is 1. The van der Waals surface area contributed by atoms with E-state index >= 15 is 0 Å². The molecule has 0 saturated carbocycles. The number of nitrogens with two attached hydrogens (primary N) is 1. The highest BCUT2D eigenvalue weighted by Gasteiger charge is 2.20. The quantitative estimate of drug-likeness (QED) is 0.502. The Kier molecular flexibility index (Phi) is 4.42. The Bertz CT molecular complexity index is 550. The molecule has 0 aromatic heterocycles. The summed E-state index contributed by atoms with van der Waals surface area (Å²) in [5.74, 6) is -0.383. The van der Waals surface area contributed by atoms with Gasteiger partial charge in [-0.1, -0.05) is 0 Å². The summed E-state index contributed by atoms with van der Waals surface area (Å²) in [6, 6.07) is 5.61. The molecule has 0 heterocycles. The minimum Gasteiger partial charge on any atom is -0.393 e. The van der Waals surface area contributed by atoms with Gasteiger partial charge in [0.05, 0.1) is 17.4 Å². The molecule has 0 aliphatic heterocycles. The second-order valence-electron chi connectivity index (χ2n) is 4.16. The van der Waals surface area contributed by atoms with Crippen LogP contribution in [0, 0.1) is 21.4 Å². The van der Waals surface area contributed by atoms with Crippen molar-refractivity contribution in [3.8, 4) is 6.07 Å². The molecule has 1 aromatic rings. The molecular formula is C12H14N4O3. The summed E-state index contributed by atoms with van der Waals surface area (Å²) in [7, 11) is 1.55. The minimum atomic E-state index is -0.634. The lowest BCUT2D eigenvalue weighted by atomic mass is 10.1. The molecule has 19 heavy (non-hydrogen) atoms. The van der Waals surface area contributed by atoms with E-state index in [2.05, 4.69) is 0 Å². The first-order valence-corrected chi connectivity index (χ1v) is 5.56. The highest BCUT2D eigenvalue weighted by Crippen LogP contribution is 2.23. The van der Waals surface area contributed by atoms with Crippen molar-refractivity contribution in [2.75, 3.05) is 12.8 Å². The van der Waals surface area contributed by atoms with Crippen molar-refractivity contribution in [1.29, 1.82) is 5.26 Å². The molecule has 0 aliphatic rings. The van der Waals surface area contributed by atoms with Crippen LogP contribution >= 0.6 is 0 Å². The maximum atomic E-state index is 12.1. The van der Waals surface area contributed by atoms with Crippen LogP contribution in [0.15, 0.2) is 18.2 Å². The summed E-state index contributed by atoms with van der Waals surface area (Å²) in [4.78, 5) is 23.6. The van der Waals surface area contributed by atoms with Crippen LogP contribution in [0.2, 0.25) is 0 Å². The zero-order chi connectivity index (χ0) is 14.6. The molecular weight excluding hydrogens is 248 g/mol. The van der Waals surface area contributed by atoms with E-state index in [-0.39, 0.29) is 35.3 Å². The lowest BCUT2D eigenvalue weighted by Gasteiger charge is -2.22. The van der Waals surface area contributed by atoms with Gasteiger partial charge < -0.3 is 10.6 Å². The molecule has 1 atom stereocenters. The largest absolute Gasteiger partial charge is 0.393 e. The summed E-state index contributed by atoms with van der Waals surface area (Å²) < 4.78 is 0. The second kappa shape index (κ2) is 5.82. The highest BCUT2D eigenvalue weighted by molar-refractivity contribution is 5.95. The number of nitrogens with zero attached hydrogens (tertiary/aromatic N) is 3. The Balaban J connectivity index is 3.04. The third-order valence-corrected chi connectivity index (χ3v) is 2.84. The standard InChI is InChI=1S/C12H14N4O3/c1-8(5-6-13)15(2)12(17)9-3-4-10(14)11(7-9)16(18)19/h3-4,7-8H,5,14H2,1-2H3. The van der Waals surface area contributed by atoms with E-state index < -0.39 is 4.92 Å². The van der Waals surface area contributed by atoms with Gasteiger partial charge in [0, 0.05) is 24.7 Å². The van der Waals surface area contributed by atoms with Crippen LogP contribution in [-0.4, -0.2) is 28.8 Å². The van der Waals surface area contributed by atoms with Crippen LogP contribution in [0.4, 0.5) is 11.4 Å². The summed E-state index contributed by atoms with van der Waals surface area (Å²) in [5, 5.41) is 19.4. The highest BCUT2D eigenvalue weighted by atomic mass is 16.6. The molecule has 0 saturated heterocycles. The predicted molar refractivity (Wildman–Crippen MR) is 69.3 cm³/mol. The van der Waals surface area contributed by atoms with E-state index in [1.807, 2.05) is 6.07 Å². The molecule has 1 aromatic carbocycles. The molecule has 0 spiro atoms. The molecule has 1 rings (SSSR count). The van der Waals surface area contributed by atoms with Gasteiger partial charge in [-0.05, 0) is 19.1 Å². The van der Waals surface area contributed by atoms with Crippen LogP contribution in [0.5, 0.6) is 0 Å².